The van der Waals surface area contributed by atoms with Gasteiger partial charge in [0.05, 0.1) is 14.2 Å². The number of hydrogen-bond donors (Lipinski definition) is 1. The Kier molecular flexibility index (Phi) is 5.76. The lowest BCUT2D eigenvalue weighted by atomic mass is 10.2. The van der Waals surface area contributed by atoms with E-state index in [1.807, 2.05) is 12.1 Å². The van der Waals surface area contributed by atoms with Crippen LogP contribution in [0.4, 0.5) is 10.5 Å². The van der Waals surface area contributed by atoms with Crippen LogP contribution in [-0.2, 0) is 0 Å². The molecule has 2 heterocycles. The molecule has 0 aliphatic carbocycles. The van der Waals surface area contributed by atoms with Gasteiger partial charge in [0.15, 0.2) is 0 Å². The van der Waals surface area contributed by atoms with Crippen molar-refractivity contribution in [2.75, 3.05) is 26.1 Å². The highest BCUT2D eigenvalue weighted by molar-refractivity contribution is 6.30. The van der Waals surface area contributed by atoms with Crippen LogP contribution in [0.25, 0.3) is 11.4 Å². The van der Waals surface area contributed by atoms with E-state index in [-0.39, 0.29) is 12.1 Å². The van der Waals surface area contributed by atoms with E-state index < -0.39 is 0 Å². The molecule has 0 spiro atoms. The first-order valence-corrected chi connectivity index (χ1v) is 9.85. The lowest BCUT2D eigenvalue weighted by Gasteiger charge is -2.22. The Morgan fingerprint density at radius 3 is 2.53 bits per heavy atom. The lowest BCUT2D eigenvalue weighted by molar-refractivity contribution is 0.193. The fraction of sp³-hybridized carbons (Fsp3) is 0.286. The summed E-state index contributed by atoms with van der Waals surface area (Å²) in [6, 6.07) is 11.9. The number of carbonyl (C=O) groups is 1. The zero-order chi connectivity index (χ0) is 21.1. The van der Waals surface area contributed by atoms with Gasteiger partial charge in [0.2, 0.25) is 11.7 Å². The third-order valence-electron chi connectivity index (χ3n) is 4.95. The quantitative estimate of drug-likeness (QED) is 0.629. The molecule has 2 aromatic carbocycles. The van der Waals surface area contributed by atoms with Crippen LogP contribution < -0.4 is 14.8 Å². The van der Waals surface area contributed by atoms with Gasteiger partial charge < -0.3 is 24.2 Å². The third kappa shape index (κ3) is 4.18. The number of carbonyl (C=O) groups excluding carboxylic acids is 1. The summed E-state index contributed by atoms with van der Waals surface area (Å²) in [7, 11) is 3.12. The fourth-order valence-electron chi connectivity index (χ4n) is 3.43. The summed E-state index contributed by atoms with van der Waals surface area (Å²) in [5.74, 6) is 2.06. The minimum Gasteiger partial charge on any atom is -0.497 e. The molecule has 1 fully saturated rings. The van der Waals surface area contributed by atoms with Gasteiger partial charge in [0.1, 0.15) is 17.5 Å². The minimum atomic E-state index is -0.286. The second-order valence-electron chi connectivity index (χ2n) is 6.85. The van der Waals surface area contributed by atoms with Gasteiger partial charge in [-0.1, -0.05) is 16.8 Å². The molecule has 1 aromatic heterocycles. The van der Waals surface area contributed by atoms with E-state index in [0.29, 0.717) is 40.5 Å². The van der Waals surface area contributed by atoms with Crippen molar-refractivity contribution in [2.24, 2.45) is 0 Å². The second kappa shape index (κ2) is 8.62. The topological polar surface area (TPSA) is 89.7 Å². The van der Waals surface area contributed by atoms with Gasteiger partial charge in [0, 0.05) is 41.0 Å². The van der Waals surface area contributed by atoms with Gasteiger partial charge in [-0.2, -0.15) is 4.98 Å². The smallest absolute Gasteiger partial charge is 0.322 e. The van der Waals surface area contributed by atoms with E-state index in [1.165, 1.54) is 0 Å². The molecule has 1 saturated heterocycles. The molecule has 9 heteroatoms. The highest BCUT2D eigenvalue weighted by Crippen LogP contribution is 2.33. The Morgan fingerprint density at radius 1 is 1.17 bits per heavy atom. The number of halogens is 1. The maximum Gasteiger partial charge on any atom is 0.322 e. The molecule has 3 aromatic rings. The van der Waals surface area contributed by atoms with Crippen molar-refractivity contribution in [1.82, 2.24) is 15.0 Å². The Balaban J connectivity index is 1.51. The van der Waals surface area contributed by atoms with E-state index in [1.54, 1.807) is 49.5 Å². The van der Waals surface area contributed by atoms with Crippen LogP contribution in [-0.4, -0.2) is 41.8 Å². The molecule has 1 atom stereocenters. The number of nitrogens with one attached hydrogen (secondary N) is 1. The fourth-order valence-corrected chi connectivity index (χ4v) is 3.55. The maximum absolute atomic E-state index is 12.9. The lowest BCUT2D eigenvalue weighted by Crippen LogP contribution is -2.34. The number of anilines is 1. The maximum atomic E-state index is 12.9. The molecule has 8 nitrogen and oxygen atoms in total. The van der Waals surface area contributed by atoms with E-state index in [2.05, 4.69) is 15.5 Å². The molecule has 1 N–H and O–H groups in total. The van der Waals surface area contributed by atoms with Crippen molar-refractivity contribution in [1.29, 1.82) is 0 Å². The van der Waals surface area contributed by atoms with Gasteiger partial charge in [0.25, 0.3) is 0 Å². The van der Waals surface area contributed by atoms with Crippen LogP contribution in [0.3, 0.4) is 0 Å². The first-order chi connectivity index (χ1) is 14.6. The van der Waals surface area contributed by atoms with Crippen LogP contribution in [0.5, 0.6) is 11.5 Å². The van der Waals surface area contributed by atoms with Crippen molar-refractivity contribution in [3.8, 4) is 22.9 Å². The van der Waals surface area contributed by atoms with Crippen molar-refractivity contribution in [2.45, 2.75) is 18.9 Å². The molecular formula is C21H21ClN4O4. The molecule has 1 aliphatic heterocycles. The first kappa shape index (κ1) is 20.0. The Bertz CT molecular complexity index is 1020. The largest absolute Gasteiger partial charge is 0.497 e. The highest BCUT2D eigenvalue weighted by atomic mass is 35.5. The zero-order valence-electron chi connectivity index (χ0n) is 16.6. The Hall–Kier alpha value is -3.26. The molecule has 0 bridgehead atoms. The van der Waals surface area contributed by atoms with Crippen LogP contribution in [0.2, 0.25) is 5.02 Å². The van der Waals surface area contributed by atoms with Crippen molar-refractivity contribution < 1.29 is 18.8 Å². The average Bonchev–Trinajstić information content (AvgIpc) is 3.43. The SMILES string of the molecule is COc1cc(NC(=O)N2CCCC2c2nc(-c3ccc(Cl)cc3)no2)cc(OC)c1. The Morgan fingerprint density at radius 2 is 1.87 bits per heavy atom. The number of nitrogens with zero attached hydrogens (tertiary/aromatic N) is 3. The summed E-state index contributed by atoms with van der Waals surface area (Å²) in [6.45, 7) is 0.594. The van der Waals surface area contributed by atoms with Crippen LogP contribution in [0.15, 0.2) is 47.0 Å². The molecule has 156 valence electrons. The summed E-state index contributed by atoms with van der Waals surface area (Å²) < 4.78 is 16.0. The summed E-state index contributed by atoms with van der Waals surface area (Å²) >= 11 is 5.94. The number of amides is 2. The van der Waals surface area contributed by atoms with Crippen LogP contribution in [0.1, 0.15) is 24.8 Å². The number of likely N-dealkylation sites (tertiary alicyclic amines) is 1. The molecule has 0 saturated carbocycles. The first-order valence-electron chi connectivity index (χ1n) is 9.47. The van der Waals surface area contributed by atoms with E-state index >= 15 is 0 Å². The number of benzene rings is 2. The monoisotopic (exact) mass is 428 g/mol. The number of aromatic nitrogens is 2. The minimum absolute atomic E-state index is 0.251. The number of rotatable bonds is 5. The molecular weight excluding hydrogens is 408 g/mol. The van der Waals surface area contributed by atoms with Gasteiger partial charge >= 0.3 is 6.03 Å². The summed E-state index contributed by atoms with van der Waals surface area (Å²) in [6.07, 6.45) is 1.59. The van der Waals surface area contributed by atoms with Gasteiger partial charge in [-0.15, -0.1) is 0 Å². The highest BCUT2D eigenvalue weighted by Gasteiger charge is 2.34. The molecule has 0 radical (unpaired) electrons. The zero-order valence-corrected chi connectivity index (χ0v) is 17.3. The summed E-state index contributed by atoms with van der Waals surface area (Å²) in [4.78, 5) is 19.1. The van der Waals surface area contributed by atoms with Gasteiger partial charge in [-0.3, -0.25) is 0 Å². The summed E-state index contributed by atoms with van der Waals surface area (Å²) in [5, 5.41) is 7.60. The van der Waals surface area contributed by atoms with E-state index in [4.69, 9.17) is 25.6 Å². The number of ether oxygens (including phenoxy) is 2. The van der Waals surface area contributed by atoms with E-state index in [9.17, 15) is 4.79 Å². The van der Waals surface area contributed by atoms with Crippen LogP contribution >= 0.6 is 11.6 Å². The Labute approximate surface area is 178 Å². The molecule has 1 aliphatic rings. The van der Waals surface area contributed by atoms with Crippen molar-refractivity contribution >= 4 is 23.3 Å². The number of methoxy groups -OCH3 is 2. The standard InChI is InChI=1S/C21H21ClN4O4/c1-28-16-10-15(11-17(12-16)29-2)23-21(27)26-9-3-4-18(26)20-24-19(25-30-20)13-5-7-14(22)8-6-13/h5-8,10-12,18H,3-4,9H2,1-2H3,(H,23,27). The molecule has 4 rings (SSSR count). The predicted octanol–water partition coefficient (Wildman–Crippen LogP) is 4.78. The van der Waals surface area contributed by atoms with Gasteiger partial charge in [-0.05, 0) is 37.1 Å². The third-order valence-corrected chi connectivity index (χ3v) is 5.20. The summed E-state index contributed by atoms with van der Waals surface area (Å²) in [5.41, 5.74) is 1.38. The second-order valence-corrected chi connectivity index (χ2v) is 7.28. The van der Waals surface area contributed by atoms with Gasteiger partial charge in [-0.25, -0.2) is 4.79 Å². The van der Waals surface area contributed by atoms with Crippen LogP contribution in [0, 0.1) is 0 Å². The van der Waals surface area contributed by atoms with Crippen molar-refractivity contribution in [3.05, 3.63) is 53.4 Å². The average molecular weight is 429 g/mol. The van der Waals surface area contributed by atoms with Crippen molar-refractivity contribution in [3.63, 3.8) is 0 Å². The normalized spacial score (nSPS) is 15.8. The molecule has 30 heavy (non-hydrogen) atoms. The molecule has 2 amide bonds. The number of urea groups is 1. The predicted molar refractivity (Wildman–Crippen MR) is 112 cm³/mol. The number of hydrogen-bond acceptors (Lipinski definition) is 6. The van der Waals surface area contributed by atoms with E-state index in [0.717, 1.165) is 18.4 Å². The molecule has 1 unspecified atom stereocenters.